The maximum absolute atomic E-state index is 12.1. The molecule has 1 rings (SSSR count). The number of anilines is 1. The largest absolute Gasteiger partial charge is 0.357 e. The molecule has 0 aliphatic rings. The molecule has 1 heterocycles. The third-order valence-electron chi connectivity index (χ3n) is 2.90. The van der Waals surface area contributed by atoms with Crippen LogP contribution in [0.25, 0.3) is 0 Å². The Hall–Kier alpha value is -1.10. The van der Waals surface area contributed by atoms with E-state index in [0.717, 1.165) is 17.4 Å². The Labute approximate surface area is 172 Å². The van der Waals surface area contributed by atoms with Crippen molar-refractivity contribution in [1.82, 2.24) is 20.5 Å². The number of carbonyl (C=O) groups excluding carboxylic acids is 1. The van der Waals surface area contributed by atoms with Gasteiger partial charge in [0.25, 0.3) is 0 Å². The van der Waals surface area contributed by atoms with Crippen LogP contribution in [0.1, 0.15) is 33.4 Å². The Kier molecular flexibility index (Phi) is 10.3. The first kappa shape index (κ1) is 23.9. The molecule has 0 unspecified atom stereocenters. The second-order valence-corrected chi connectivity index (χ2v) is 7.68. The molecule has 1 aromatic heterocycles. The van der Waals surface area contributed by atoms with E-state index in [0.29, 0.717) is 12.5 Å². The van der Waals surface area contributed by atoms with Gasteiger partial charge >= 0.3 is 0 Å². The minimum absolute atomic E-state index is 0. The molecular weight excluding hydrogens is 451 g/mol. The Morgan fingerprint density at radius 2 is 1.96 bits per heavy atom. The average Bonchev–Trinajstić information content (AvgIpc) is 2.90. The predicted molar refractivity (Wildman–Crippen MR) is 117 cm³/mol. The van der Waals surface area contributed by atoms with E-state index in [1.54, 1.807) is 11.3 Å². The molecule has 0 aliphatic carbocycles. The summed E-state index contributed by atoms with van der Waals surface area (Å²) < 4.78 is 0. The van der Waals surface area contributed by atoms with Crippen LogP contribution < -0.4 is 15.5 Å². The standard InChI is InChI=1S/C16H30N6OS.HI/c1-8-17-14(22(7)10-13(23)20-16(2,3)4)18-9-12-11-24-15(19-12)21(5)6;/h11H,8-10H2,1-7H3,(H,17,18)(H,20,23);1H. The van der Waals surface area contributed by atoms with Crippen LogP contribution in [0.5, 0.6) is 0 Å². The van der Waals surface area contributed by atoms with Crippen LogP contribution in [-0.4, -0.2) is 61.5 Å². The molecule has 7 nitrogen and oxygen atoms in total. The minimum atomic E-state index is -0.239. The summed E-state index contributed by atoms with van der Waals surface area (Å²) in [4.78, 5) is 25.0. The van der Waals surface area contributed by atoms with Crippen LogP contribution >= 0.6 is 35.3 Å². The van der Waals surface area contributed by atoms with Crippen LogP contribution in [0.3, 0.4) is 0 Å². The smallest absolute Gasteiger partial charge is 0.240 e. The predicted octanol–water partition coefficient (Wildman–Crippen LogP) is 2.14. The van der Waals surface area contributed by atoms with Crippen molar-refractivity contribution < 1.29 is 4.79 Å². The fourth-order valence-corrected chi connectivity index (χ4v) is 2.70. The van der Waals surface area contributed by atoms with E-state index in [4.69, 9.17) is 0 Å². The molecular formula is C16H31IN6OS. The monoisotopic (exact) mass is 482 g/mol. The van der Waals surface area contributed by atoms with Crippen molar-refractivity contribution in [2.24, 2.45) is 4.99 Å². The molecule has 0 atom stereocenters. The van der Waals surface area contributed by atoms with Gasteiger partial charge in [0.05, 0.1) is 18.8 Å². The highest BCUT2D eigenvalue weighted by atomic mass is 127. The van der Waals surface area contributed by atoms with E-state index in [-0.39, 0.29) is 42.0 Å². The molecule has 144 valence electrons. The third-order valence-corrected chi connectivity index (χ3v) is 3.96. The van der Waals surface area contributed by atoms with Gasteiger partial charge in [-0.3, -0.25) is 4.79 Å². The van der Waals surface area contributed by atoms with Crippen molar-refractivity contribution in [3.05, 3.63) is 11.1 Å². The summed E-state index contributed by atoms with van der Waals surface area (Å²) in [6.45, 7) is 9.38. The van der Waals surface area contributed by atoms with E-state index < -0.39 is 0 Å². The van der Waals surface area contributed by atoms with Crippen molar-refractivity contribution in [2.75, 3.05) is 39.1 Å². The first-order valence-corrected chi connectivity index (χ1v) is 8.92. The number of aromatic nitrogens is 1. The molecule has 1 aromatic rings. The lowest BCUT2D eigenvalue weighted by atomic mass is 10.1. The number of hydrogen-bond acceptors (Lipinski definition) is 5. The number of hydrogen-bond donors (Lipinski definition) is 2. The highest BCUT2D eigenvalue weighted by Crippen LogP contribution is 2.18. The molecule has 0 bridgehead atoms. The quantitative estimate of drug-likeness (QED) is 0.370. The first-order chi connectivity index (χ1) is 11.1. The molecule has 25 heavy (non-hydrogen) atoms. The average molecular weight is 482 g/mol. The number of guanidine groups is 1. The van der Waals surface area contributed by atoms with Crippen LogP contribution in [0, 0.1) is 0 Å². The van der Waals surface area contributed by atoms with Gasteiger partial charge in [0, 0.05) is 38.6 Å². The van der Waals surface area contributed by atoms with E-state index >= 15 is 0 Å². The highest BCUT2D eigenvalue weighted by Gasteiger charge is 2.16. The van der Waals surface area contributed by atoms with Crippen molar-refractivity contribution in [3.63, 3.8) is 0 Å². The number of aliphatic imine (C=N–C) groups is 1. The molecule has 9 heteroatoms. The lowest BCUT2D eigenvalue weighted by Gasteiger charge is -2.25. The summed E-state index contributed by atoms with van der Waals surface area (Å²) in [6, 6.07) is 0. The van der Waals surface area contributed by atoms with E-state index in [9.17, 15) is 4.79 Å². The van der Waals surface area contributed by atoms with Crippen molar-refractivity contribution >= 4 is 52.3 Å². The summed E-state index contributed by atoms with van der Waals surface area (Å²) in [5, 5.41) is 9.14. The van der Waals surface area contributed by atoms with Crippen molar-refractivity contribution in [3.8, 4) is 0 Å². The number of thiazole rings is 1. The molecule has 0 radical (unpaired) electrons. The second-order valence-electron chi connectivity index (χ2n) is 6.84. The van der Waals surface area contributed by atoms with Crippen LogP contribution in [0.4, 0.5) is 5.13 Å². The topological polar surface area (TPSA) is 72.9 Å². The maximum Gasteiger partial charge on any atom is 0.240 e. The Morgan fingerprint density at radius 3 is 2.44 bits per heavy atom. The van der Waals surface area contributed by atoms with E-state index in [2.05, 4.69) is 20.6 Å². The zero-order valence-electron chi connectivity index (χ0n) is 16.2. The molecule has 0 saturated heterocycles. The Bertz CT molecular complexity index is 567. The zero-order chi connectivity index (χ0) is 18.3. The fraction of sp³-hybridized carbons (Fsp3) is 0.688. The summed E-state index contributed by atoms with van der Waals surface area (Å²) in [7, 11) is 5.80. The van der Waals surface area contributed by atoms with E-state index in [1.165, 1.54) is 0 Å². The number of rotatable bonds is 6. The van der Waals surface area contributed by atoms with Gasteiger partial charge in [-0.2, -0.15) is 0 Å². The SMILES string of the molecule is CCNC(=NCc1csc(N(C)C)n1)N(C)CC(=O)NC(C)(C)C.I. The molecule has 1 amide bonds. The van der Waals surface area contributed by atoms with Gasteiger partial charge in [-0.25, -0.2) is 9.98 Å². The van der Waals surface area contributed by atoms with Crippen molar-refractivity contribution in [2.45, 2.75) is 39.8 Å². The van der Waals surface area contributed by atoms with Crippen LogP contribution in [-0.2, 0) is 11.3 Å². The summed E-state index contributed by atoms with van der Waals surface area (Å²) in [6.07, 6.45) is 0. The molecule has 0 aliphatic heterocycles. The first-order valence-electron chi connectivity index (χ1n) is 8.04. The van der Waals surface area contributed by atoms with E-state index in [1.807, 2.05) is 64.0 Å². The number of amides is 1. The van der Waals surface area contributed by atoms with Gasteiger partial charge in [-0.15, -0.1) is 35.3 Å². The Balaban J connectivity index is 0.00000576. The fourth-order valence-electron chi connectivity index (χ4n) is 1.95. The van der Waals surface area contributed by atoms with Gasteiger partial charge in [0.1, 0.15) is 0 Å². The van der Waals surface area contributed by atoms with Crippen LogP contribution in [0.2, 0.25) is 0 Å². The lowest BCUT2D eigenvalue weighted by Crippen LogP contribution is -2.48. The van der Waals surface area contributed by atoms with Crippen LogP contribution in [0.15, 0.2) is 10.4 Å². The molecule has 0 spiro atoms. The molecule has 2 N–H and O–H groups in total. The normalized spacial score (nSPS) is 11.6. The Morgan fingerprint density at radius 1 is 1.32 bits per heavy atom. The van der Waals surface area contributed by atoms with Gasteiger partial charge in [0.2, 0.25) is 5.91 Å². The number of likely N-dealkylation sites (N-methyl/N-ethyl adjacent to an activating group) is 1. The van der Waals surface area contributed by atoms with Gasteiger partial charge in [0.15, 0.2) is 11.1 Å². The van der Waals surface area contributed by atoms with Crippen molar-refractivity contribution in [1.29, 1.82) is 0 Å². The van der Waals surface area contributed by atoms with Gasteiger partial charge in [-0.1, -0.05) is 0 Å². The number of nitrogens with one attached hydrogen (secondary N) is 2. The van der Waals surface area contributed by atoms with Gasteiger partial charge in [-0.05, 0) is 27.7 Å². The second kappa shape index (κ2) is 10.8. The zero-order valence-corrected chi connectivity index (χ0v) is 19.4. The minimum Gasteiger partial charge on any atom is -0.357 e. The molecule has 0 saturated carbocycles. The number of halogens is 1. The summed E-state index contributed by atoms with van der Waals surface area (Å²) >= 11 is 1.60. The third kappa shape index (κ3) is 9.24. The number of nitrogens with zero attached hydrogens (tertiary/aromatic N) is 4. The summed E-state index contributed by atoms with van der Waals surface area (Å²) in [5.41, 5.74) is 0.683. The highest BCUT2D eigenvalue weighted by molar-refractivity contribution is 14.0. The molecule has 0 aromatic carbocycles. The summed E-state index contributed by atoms with van der Waals surface area (Å²) in [5.74, 6) is 0.667. The number of carbonyl (C=O) groups is 1. The maximum atomic E-state index is 12.1. The lowest BCUT2D eigenvalue weighted by molar-refractivity contribution is -0.122. The molecule has 0 fully saturated rings. The van der Waals surface area contributed by atoms with Gasteiger partial charge < -0.3 is 20.4 Å².